The smallest absolute Gasteiger partial charge is 0.396 e. The van der Waals surface area contributed by atoms with Crippen LogP contribution < -0.4 is 11.1 Å². The quantitative estimate of drug-likeness (QED) is 0.874. The Morgan fingerprint density at radius 2 is 2.16 bits per heavy atom. The monoisotopic (exact) mass is 351 g/mol. The Hall–Kier alpha value is -1.28. The standard InChI is InChI=1S/C11H9BrF3N3S/c12-6-1-2-19-9(6)5-17-8-3-10(11(13,14)15)18-4-7(8)16/h1-4H,5,16H2,(H,17,18). The molecule has 0 bridgehead atoms. The number of nitrogens with two attached hydrogens (primary N) is 1. The molecule has 2 rings (SSSR count). The number of alkyl halides is 3. The van der Waals surface area contributed by atoms with Crippen LogP contribution in [-0.4, -0.2) is 4.98 Å². The molecule has 0 saturated carbocycles. The molecule has 0 saturated heterocycles. The van der Waals surface area contributed by atoms with E-state index in [-0.39, 0.29) is 11.4 Å². The van der Waals surface area contributed by atoms with Gasteiger partial charge >= 0.3 is 6.18 Å². The van der Waals surface area contributed by atoms with E-state index in [9.17, 15) is 13.2 Å². The van der Waals surface area contributed by atoms with Crippen LogP contribution in [0.5, 0.6) is 0 Å². The first-order valence-corrected chi connectivity index (χ1v) is 6.83. The zero-order valence-electron chi connectivity index (χ0n) is 9.46. The minimum absolute atomic E-state index is 0.181. The van der Waals surface area contributed by atoms with Gasteiger partial charge in [-0.15, -0.1) is 11.3 Å². The number of hydrogen-bond acceptors (Lipinski definition) is 4. The fraction of sp³-hybridized carbons (Fsp3) is 0.182. The second kappa shape index (κ2) is 5.38. The van der Waals surface area contributed by atoms with Gasteiger partial charge in [-0.3, -0.25) is 0 Å². The fourth-order valence-electron chi connectivity index (χ4n) is 1.40. The molecule has 2 heterocycles. The van der Waals surface area contributed by atoms with Crippen LogP contribution >= 0.6 is 27.3 Å². The number of aromatic nitrogens is 1. The Morgan fingerprint density at radius 3 is 2.74 bits per heavy atom. The Morgan fingerprint density at radius 1 is 1.42 bits per heavy atom. The van der Waals surface area contributed by atoms with Crippen molar-refractivity contribution in [3.8, 4) is 0 Å². The molecule has 2 aromatic heterocycles. The number of thiophene rings is 1. The Balaban J connectivity index is 2.18. The van der Waals surface area contributed by atoms with E-state index in [1.54, 1.807) is 0 Å². The van der Waals surface area contributed by atoms with Crippen LogP contribution in [0, 0.1) is 0 Å². The second-order valence-electron chi connectivity index (χ2n) is 3.70. The van der Waals surface area contributed by atoms with E-state index < -0.39 is 11.9 Å². The van der Waals surface area contributed by atoms with Gasteiger partial charge in [-0.1, -0.05) is 0 Å². The van der Waals surface area contributed by atoms with E-state index in [0.717, 1.165) is 21.6 Å². The minimum atomic E-state index is -4.48. The summed E-state index contributed by atoms with van der Waals surface area (Å²) in [5, 5.41) is 4.77. The third-order valence-electron chi connectivity index (χ3n) is 2.36. The van der Waals surface area contributed by atoms with E-state index in [0.29, 0.717) is 6.54 Å². The van der Waals surface area contributed by atoms with Gasteiger partial charge in [0, 0.05) is 9.35 Å². The van der Waals surface area contributed by atoms with Crippen molar-refractivity contribution >= 4 is 38.6 Å². The number of hydrogen-bond donors (Lipinski definition) is 2. The molecule has 102 valence electrons. The van der Waals surface area contributed by atoms with Gasteiger partial charge in [0.2, 0.25) is 0 Å². The van der Waals surface area contributed by atoms with Gasteiger partial charge in [-0.25, -0.2) is 4.98 Å². The van der Waals surface area contributed by atoms with Crippen LogP contribution in [0.2, 0.25) is 0 Å². The summed E-state index contributed by atoms with van der Waals surface area (Å²) in [6, 6.07) is 2.79. The molecular weight excluding hydrogens is 343 g/mol. The SMILES string of the molecule is Nc1cnc(C(F)(F)F)cc1NCc1sccc1Br. The van der Waals surface area contributed by atoms with Crippen molar-refractivity contribution in [1.29, 1.82) is 0 Å². The molecule has 0 aromatic carbocycles. The van der Waals surface area contributed by atoms with Gasteiger partial charge < -0.3 is 11.1 Å². The third kappa shape index (κ3) is 3.38. The lowest BCUT2D eigenvalue weighted by atomic mass is 10.2. The maximum absolute atomic E-state index is 12.5. The number of nitrogens with zero attached hydrogens (tertiary/aromatic N) is 1. The predicted molar refractivity (Wildman–Crippen MR) is 73.0 cm³/mol. The molecule has 0 aliphatic carbocycles. The van der Waals surface area contributed by atoms with Crippen LogP contribution in [-0.2, 0) is 12.7 Å². The van der Waals surface area contributed by atoms with Crippen molar-refractivity contribution in [3.05, 3.63) is 38.8 Å². The lowest BCUT2D eigenvalue weighted by Gasteiger charge is -2.12. The molecule has 3 nitrogen and oxygen atoms in total. The summed E-state index contributed by atoms with van der Waals surface area (Å²) in [4.78, 5) is 4.25. The fourth-order valence-corrected chi connectivity index (χ4v) is 2.83. The highest BCUT2D eigenvalue weighted by molar-refractivity contribution is 9.10. The van der Waals surface area contributed by atoms with Crippen LogP contribution in [0.25, 0.3) is 0 Å². The van der Waals surface area contributed by atoms with Crippen molar-refractivity contribution in [1.82, 2.24) is 4.98 Å². The van der Waals surface area contributed by atoms with Crippen LogP contribution in [0.4, 0.5) is 24.5 Å². The molecule has 0 fully saturated rings. The molecule has 19 heavy (non-hydrogen) atoms. The first-order valence-electron chi connectivity index (χ1n) is 5.16. The summed E-state index contributed by atoms with van der Waals surface area (Å²) in [5.41, 5.74) is 5.05. The van der Waals surface area contributed by atoms with Crippen LogP contribution in [0.15, 0.2) is 28.2 Å². The summed E-state index contributed by atoms with van der Waals surface area (Å²) < 4.78 is 38.5. The number of nitrogen functional groups attached to an aromatic ring is 1. The highest BCUT2D eigenvalue weighted by Gasteiger charge is 2.32. The molecule has 0 unspecified atom stereocenters. The first-order chi connectivity index (χ1) is 8.88. The summed E-state index contributed by atoms with van der Waals surface area (Å²) in [6.45, 7) is 0.393. The number of nitrogens with one attached hydrogen (secondary N) is 1. The van der Waals surface area contributed by atoms with Gasteiger partial charge in [-0.2, -0.15) is 13.2 Å². The zero-order chi connectivity index (χ0) is 14.0. The van der Waals surface area contributed by atoms with Gasteiger partial charge in [0.25, 0.3) is 0 Å². The molecule has 8 heteroatoms. The van der Waals surface area contributed by atoms with Gasteiger partial charge in [0.15, 0.2) is 0 Å². The molecule has 0 spiro atoms. The summed E-state index contributed by atoms with van der Waals surface area (Å²) >= 11 is 4.85. The topological polar surface area (TPSA) is 50.9 Å². The number of halogens is 4. The lowest BCUT2D eigenvalue weighted by molar-refractivity contribution is -0.141. The first kappa shape index (κ1) is 14.1. The van der Waals surface area contributed by atoms with Crippen LogP contribution in [0.1, 0.15) is 10.6 Å². The van der Waals surface area contributed by atoms with Gasteiger partial charge in [-0.05, 0) is 33.4 Å². The Bertz CT molecular complexity index is 583. The van der Waals surface area contributed by atoms with Gasteiger partial charge in [0.05, 0.1) is 24.1 Å². The van der Waals surface area contributed by atoms with Crippen molar-refractivity contribution in [2.75, 3.05) is 11.1 Å². The van der Waals surface area contributed by atoms with Crippen molar-refractivity contribution in [3.63, 3.8) is 0 Å². The van der Waals surface area contributed by atoms with E-state index in [1.165, 1.54) is 11.3 Å². The highest BCUT2D eigenvalue weighted by atomic mass is 79.9. The van der Waals surface area contributed by atoms with E-state index >= 15 is 0 Å². The molecule has 2 aromatic rings. The molecule has 0 aliphatic heterocycles. The van der Waals surface area contributed by atoms with Crippen molar-refractivity contribution < 1.29 is 13.2 Å². The number of rotatable bonds is 3. The maximum atomic E-state index is 12.5. The second-order valence-corrected chi connectivity index (χ2v) is 5.55. The molecule has 0 atom stereocenters. The third-order valence-corrected chi connectivity index (χ3v) is 4.28. The van der Waals surface area contributed by atoms with E-state index in [4.69, 9.17) is 5.73 Å². The average Bonchev–Trinajstić information content (AvgIpc) is 2.72. The normalized spacial score (nSPS) is 11.6. The summed E-state index contributed by atoms with van der Waals surface area (Å²) in [5.74, 6) is 0. The van der Waals surface area contributed by atoms with Crippen molar-refractivity contribution in [2.24, 2.45) is 0 Å². The molecule has 0 aliphatic rings. The Labute approximate surface area is 119 Å². The number of pyridine rings is 1. The number of anilines is 2. The molecule has 0 amide bonds. The van der Waals surface area contributed by atoms with Crippen LogP contribution in [0.3, 0.4) is 0 Å². The highest BCUT2D eigenvalue weighted by Crippen LogP contribution is 2.31. The van der Waals surface area contributed by atoms with Gasteiger partial charge in [0.1, 0.15) is 5.69 Å². The lowest BCUT2D eigenvalue weighted by Crippen LogP contribution is -2.10. The summed E-state index contributed by atoms with van der Waals surface area (Å²) in [7, 11) is 0. The van der Waals surface area contributed by atoms with Crippen molar-refractivity contribution in [2.45, 2.75) is 12.7 Å². The predicted octanol–water partition coefficient (Wildman–Crippen LogP) is 4.12. The summed E-state index contributed by atoms with van der Waals surface area (Å²) in [6.07, 6.45) is -3.47. The zero-order valence-corrected chi connectivity index (χ0v) is 11.9. The molecule has 3 N–H and O–H groups in total. The van der Waals surface area contributed by atoms with E-state index in [2.05, 4.69) is 26.2 Å². The minimum Gasteiger partial charge on any atom is -0.396 e. The molecular formula is C11H9BrF3N3S. The molecule has 0 radical (unpaired) electrons. The maximum Gasteiger partial charge on any atom is 0.433 e. The van der Waals surface area contributed by atoms with E-state index in [1.807, 2.05) is 11.4 Å². The largest absolute Gasteiger partial charge is 0.433 e. The average molecular weight is 352 g/mol. The Kier molecular flexibility index (Phi) is 4.00.